The Morgan fingerprint density at radius 2 is 1.87 bits per heavy atom. The van der Waals surface area contributed by atoms with E-state index in [0.717, 1.165) is 49.5 Å². The number of amides is 1. The molecule has 1 amide bonds. The smallest absolute Gasteiger partial charge is 0.414 e. The second-order valence-electron chi connectivity index (χ2n) is 8.38. The average Bonchev–Trinajstić information content (AvgIpc) is 3.44. The van der Waals surface area contributed by atoms with Crippen LogP contribution in [0.5, 0.6) is 0 Å². The minimum Gasteiger partial charge on any atom is -0.473 e. The number of aromatic nitrogens is 2. The molecule has 3 aliphatic rings. The number of aryl methyl sites for hydroxylation is 1. The molecule has 1 aliphatic heterocycles. The minimum atomic E-state index is -1.82. The highest BCUT2D eigenvalue weighted by Crippen LogP contribution is 2.35. The Morgan fingerprint density at radius 3 is 2.40 bits per heavy atom. The van der Waals surface area contributed by atoms with Crippen LogP contribution in [-0.4, -0.2) is 66.6 Å². The van der Waals surface area contributed by atoms with Gasteiger partial charge in [0.05, 0.1) is 24.3 Å². The molecule has 0 saturated heterocycles. The average molecular weight is 423 g/mol. The van der Waals surface area contributed by atoms with Crippen molar-refractivity contribution >= 4 is 17.8 Å². The van der Waals surface area contributed by atoms with Gasteiger partial charge in [-0.1, -0.05) is 0 Å². The Bertz CT molecular complexity index is 800. The normalized spacial score (nSPS) is 19.2. The summed E-state index contributed by atoms with van der Waals surface area (Å²) < 4.78 is 7.74. The van der Waals surface area contributed by atoms with Gasteiger partial charge < -0.3 is 25.0 Å². The summed E-state index contributed by atoms with van der Waals surface area (Å²) in [6.07, 6.45) is 6.19. The largest absolute Gasteiger partial charge is 0.473 e. The topological polar surface area (TPSA) is 142 Å². The van der Waals surface area contributed by atoms with E-state index >= 15 is 0 Å². The maximum absolute atomic E-state index is 12.6. The highest BCUT2D eigenvalue weighted by Gasteiger charge is 2.38. The lowest BCUT2D eigenvalue weighted by atomic mass is 9.77. The lowest BCUT2D eigenvalue weighted by Gasteiger charge is -2.38. The molecule has 0 bridgehead atoms. The van der Waals surface area contributed by atoms with Crippen LogP contribution in [0, 0.1) is 5.92 Å². The van der Waals surface area contributed by atoms with E-state index in [2.05, 4.69) is 5.10 Å². The van der Waals surface area contributed by atoms with Crippen molar-refractivity contribution in [3.8, 4) is 0 Å². The van der Waals surface area contributed by atoms with E-state index in [9.17, 15) is 9.90 Å². The van der Waals surface area contributed by atoms with E-state index in [1.807, 2.05) is 16.6 Å². The lowest BCUT2D eigenvalue weighted by Crippen LogP contribution is -2.45. The molecule has 2 heterocycles. The van der Waals surface area contributed by atoms with E-state index in [4.69, 9.17) is 24.5 Å². The third kappa shape index (κ3) is 5.57. The third-order valence-electron chi connectivity index (χ3n) is 5.91. The molecule has 30 heavy (non-hydrogen) atoms. The molecule has 2 saturated carbocycles. The first-order valence-electron chi connectivity index (χ1n) is 10.3. The van der Waals surface area contributed by atoms with E-state index in [0.29, 0.717) is 19.7 Å². The van der Waals surface area contributed by atoms with Crippen LogP contribution in [0.2, 0.25) is 0 Å². The Balaban J connectivity index is 0.000000377. The molecule has 10 heteroatoms. The number of hydrogen-bond donors (Lipinski definition) is 3. The van der Waals surface area contributed by atoms with Gasteiger partial charge in [0, 0.05) is 44.4 Å². The van der Waals surface area contributed by atoms with E-state index in [1.54, 1.807) is 0 Å². The zero-order valence-corrected chi connectivity index (χ0v) is 17.2. The first kappa shape index (κ1) is 22.2. The van der Waals surface area contributed by atoms with Crippen molar-refractivity contribution in [2.75, 3.05) is 13.2 Å². The summed E-state index contributed by atoms with van der Waals surface area (Å²) >= 11 is 0. The Hall–Kier alpha value is -2.46. The van der Waals surface area contributed by atoms with Gasteiger partial charge >= 0.3 is 11.9 Å². The number of carboxylic acid groups (broad SMARTS) is 2. The minimum absolute atomic E-state index is 0.0663. The van der Waals surface area contributed by atoms with Crippen LogP contribution in [-0.2, 0) is 45.7 Å². The van der Waals surface area contributed by atoms with Crippen molar-refractivity contribution < 1.29 is 34.4 Å². The van der Waals surface area contributed by atoms with Crippen LogP contribution < -0.4 is 0 Å². The first-order chi connectivity index (χ1) is 14.2. The fourth-order valence-electron chi connectivity index (χ4n) is 3.76. The fourth-order valence-corrected chi connectivity index (χ4v) is 3.76. The SMILES string of the molecule is Cn1nc(COCC2CC2)c2c1CCN(C(=O)CC1(O)CCC1)C2.O=C(O)C(=O)O. The zero-order chi connectivity index (χ0) is 21.9. The molecule has 0 spiro atoms. The quantitative estimate of drug-likeness (QED) is 0.568. The van der Waals surface area contributed by atoms with Crippen molar-refractivity contribution in [3.05, 3.63) is 17.0 Å². The van der Waals surface area contributed by atoms with Crippen molar-refractivity contribution in [1.82, 2.24) is 14.7 Å². The number of carboxylic acids is 2. The first-order valence-corrected chi connectivity index (χ1v) is 10.3. The Kier molecular flexibility index (Phi) is 6.77. The summed E-state index contributed by atoms with van der Waals surface area (Å²) in [4.78, 5) is 32.6. The van der Waals surface area contributed by atoms with Gasteiger partial charge in [-0.3, -0.25) is 9.48 Å². The standard InChI is InChI=1S/C18H27N3O3.C2H2O4/c1-20-16-5-8-21(17(22)9-18(23)6-2-7-18)10-14(16)15(19-20)12-24-11-13-3-4-13;3-1(4)2(5)6/h13,23H,2-12H2,1H3;(H,3,4)(H,5,6). The fraction of sp³-hybridized carbons (Fsp3) is 0.700. The number of carbonyl (C=O) groups is 3. The monoisotopic (exact) mass is 423 g/mol. The number of carbonyl (C=O) groups excluding carboxylic acids is 1. The molecular weight excluding hydrogens is 394 g/mol. The predicted molar refractivity (Wildman–Crippen MR) is 103 cm³/mol. The number of aliphatic carboxylic acids is 2. The van der Waals surface area contributed by atoms with Crippen LogP contribution in [0.4, 0.5) is 0 Å². The number of nitrogens with zero attached hydrogens (tertiary/aromatic N) is 3. The number of aliphatic hydroxyl groups is 1. The van der Waals surface area contributed by atoms with Crippen LogP contribution in [0.15, 0.2) is 0 Å². The van der Waals surface area contributed by atoms with E-state index in [-0.39, 0.29) is 12.3 Å². The summed E-state index contributed by atoms with van der Waals surface area (Å²) in [6.45, 7) is 2.66. The molecule has 4 rings (SSSR count). The molecule has 0 radical (unpaired) electrons. The maximum atomic E-state index is 12.6. The van der Waals surface area contributed by atoms with Crippen molar-refractivity contribution in [2.45, 2.75) is 63.7 Å². The summed E-state index contributed by atoms with van der Waals surface area (Å²) in [5, 5.41) is 29.6. The van der Waals surface area contributed by atoms with Gasteiger partial charge in [-0.2, -0.15) is 5.10 Å². The Morgan fingerprint density at radius 1 is 1.20 bits per heavy atom. The summed E-state index contributed by atoms with van der Waals surface area (Å²) in [6, 6.07) is 0. The van der Waals surface area contributed by atoms with Gasteiger partial charge in [0.1, 0.15) is 0 Å². The summed E-state index contributed by atoms with van der Waals surface area (Å²) in [7, 11) is 1.97. The molecule has 166 valence electrons. The third-order valence-corrected chi connectivity index (χ3v) is 5.91. The Labute approximate surface area is 174 Å². The second kappa shape index (κ2) is 9.13. The van der Waals surface area contributed by atoms with Gasteiger partial charge in [0.25, 0.3) is 0 Å². The number of rotatable bonds is 6. The van der Waals surface area contributed by atoms with Crippen LogP contribution in [0.3, 0.4) is 0 Å². The molecule has 1 aromatic rings. The van der Waals surface area contributed by atoms with Crippen LogP contribution >= 0.6 is 0 Å². The van der Waals surface area contributed by atoms with Crippen molar-refractivity contribution in [2.24, 2.45) is 13.0 Å². The molecule has 0 aromatic carbocycles. The van der Waals surface area contributed by atoms with Gasteiger partial charge in [-0.15, -0.1) is 0 Å². The zero-order valence-electron chi connectivity index (χ0n) is 17.2. The van der Waals surface area contributed by atoms with Crippen molar-refractivity contribution in [3.63, 3.8) is 0 Å². The number of fused-ring (bicyclic) bond motifs is 1. The number of hydrogen-bond acceptors (Lipinski definition) is 6. The predicted octanol–water partition coefficient (Wildman–Crippen LogP) is 0.692. The molecule has 1 aromatic heterocycles. The highest BCUT2D eigenvalue weighted by atomic mass is 16.5. The molecule has 10 nitrogen and oxygen atoms in total. The van der Waals surface area contributed by atoms with Gasteiger partial charge in [-0.25, -0.2) is 9.59 Å². The molecule has 0 unspecified atom stereocenters. The summed E-state index contributed by atoms with van der Waals surface area (Å²) in [5.74, 6) is -2.84. The summed E-state index contributed by atoms with van der Waals surface area (Å²) in [5.41, 5.74) is 2.58. The van der Waals surface area contributed by atoms with Gasteiger partial charge in [0.15, 0.2) is 0 Å². The van der Waals surface area contributed by atoms with Crippen LogP contribution in [0.1, 0.15) is 55.5 Å². The lowest BCUT2D eigenvalue weighted by molar-refractivity contribution is -0.159. The van der Waals surface area contributed by atoms with Crippen LogP contribution in [0.25, 0.3) is 0 Å². The van der Waals surface area contributed by atoms with E-state index in [1.165, 1.54) is 18.5 Å². The maximum Gasteiger partial charge on any atom is 0.414 e. The second-order valence-corrected chi connectivity index (χ2v) is 8.38. The molecule has 0 atom stereocenters. The number of ether oxygens (including phenoxy) is 1. The van der Waals surface area contributed by atoms with Crippen molar-refractivity contribution in [1.29, 1.82) is 0 Å². The van der Waals surface area contributed by atoms with Gasteiger partial charge in [0.2, 0.25) is 5.91 Å². The molecular formula is C20H29N3O7. The molecule has 3 N–H and O–H groups in total. The van der Waals surface area contributed by atoms with Gasteiger partial charge in [-0.05, 0) is 38.0 Å². The highest BCUT2D eigenvalue weighted by molar-refractivity contribution is 6.27. The van der Waals surface area contributed by atoms with E-state index < -0.39 is 17.5 Å². The molecule has 2 fully saturated rings. The molecule has 2 aliphatic carbocycles.